The molecule has 1 nitrogen and oxygen atoms in total. The molecule has 1 heterocycles. The van der Waals surface area contributed by atoms with Crippen LogP contribution in [0.3, 0.4) is 0 Å². The lowest BCUT2D eigenvalue weighted by atomic mass is 10.0. The fourth-order valence-electron chi connectivity index (χ4n) is 2.33. The number of rotatable bonds is 10. The molecule has 0 bridgehead atoms. The average Bonchev–Trinajstić information content (AvgIpc) is 2.71. The van der Waals surface area contributed by atoms with Gasteiger partial charge in [0.05, 0.1) is 7.57 Å². The quantitative estimate of drug-likeness (QED) is 0.424. The highest BCUT2D eigenvalue weighted by Crippen LogP contribution is 2.37. The molecule has 110 valence electrons. The summed E-state index contributed by atoms with van der Waals surface area (Å²) in [6.07, 6.45) is 9.43. The number of hydrogen-bond acceptors (Lipinski definition) is 2. The van der Waals surface area contributed by atoms with Crippen molar-refractivity contribution in [2.45, 2.75) is 64.8 Å². The van der Waals surface area contributed by atoms with Crippen molar-refractivity contribution in [2.75, 3.05) is 6.54 Å². The largest absolute Gasteiger partial charge is 0.310 e. The van der Waals surface area contributed by atoms with Gasteiger partial charge >= 0.3 is 0 Å². The van der Waals surface area contributed by atoms with Gasteiger partial charge in [-0.3, -0.25) is 0 Å². The SMILES string of the molecule is CCCCCCCCC(NCC)c1cc(Br)sc1Br. The highest BCUT2D eigenvalue weighted by molar-refractivity contribution is 9.12. The maximum absolute atomic E-state index is 3.68. The van der Waals surface area contributed by atoms with E-state index in [-0.39, 0.29) is 0 Å². The molecular formula is C15H25Br2NS. The third-order valence-electron chi connectivity index (χ3n) is 3.36. The smallest absolute Gasteiger partial charge is 0.0758 e. The average molecular weight is 411 g/mol. The van der Waals surface area contributed by atoms with Gasteiger partial charge in [-0.15, -0.1) is 11.3 Å². The van der Waals surface area contributed by atoms with Crippen molar-refractivity contribution < 1.29 is 0 Å². The summed E-state index contributed by atoms with van der Waals surface area (Å²) in [7, 11) is 0. The summed E-state index contributed by atoms with van der Waals surface area (Å²) in [6, 6.07) is 2.74. The van der Waals surface area contributed by atoms with Crippen LogP contribution in [0.4, 0.5) is 0 Å². The van der Waals surface area contributed by atoms with Crippen LogP contribution in [0.5, 0.6) is 0 Å². The Balaban J connectivity index is 2.38. The number of thiophene rings is 1. The molecule has 0 spiro atoms. The molecule has 0 aliphatic carbocycles. The van der Waals surface area contributed by atoms with Crippen LogP contribution in [0.15, 0.2) is 13.6 Å². The Morgan fingerprint density at radius 2 is 1.79 bits per heavy atom. The van der Waals surface area contributed by atoms with Crippen molar-refractivity contribution in [3.63, 3.8) is 0 Å². The lowest BCUT2D eigenvalue weighted by Gasteiger charge is -2.17. The first-order valence-electron chi connectivity index (χ1n) is 7.37. The minimum atomic E-state index is 0.494. The molecule has 1 N–H and O–H groups in total. The van der Waals surface area contributed by atoms with E-state index in [2.05, 4.69) is 57.1 Å². The maximum atomic E-state index is 3.68. The number of unbranched alkanes of at least 4 members (excludes halogenated alkanes) is 5. The molecule has 0 saturated heterocycles. The number of nitrogens with one attached hydrogen (secondary N) is 1. The van der Waals surface area contributed by atoms with Crippen LogP contribution in [0.2, 0.25) is 0 Å². The summed E-state index contributed by atoms with van der Waals surface area (Å²) in [4.78, 5) is 0. The molecule has 0 fully saturated rings. The predicted molar refractivity (Wildman–Crippen MR) is 94.1 cm³/mol. The van der Waals surface area contributed by atoms with Crippen molar-refractivity contribution in [1.29, 1.82) is 0 Å². The molecular weight excluding hydrogens is 386 g/mol. The molecule has 0 amide bonds. The van der Waals surface area contributed by atoms with E-state index in [1.54, 1.807) is 11.3 Å². The zero-order valence-corrected chi connectivity index (χ0v) is 16.0. The van der Waals surface area contributed by atoms with Crippen molar-refractivity contribution in [1.82, 2.24) is 5.32 Å². The van der Waals surface area contributed by atoms with Gasteiger partial charge in [0.15, 0.2) is 0 Å². The van der Waals surface area contributed by atoms with Gasteiger partial charge in [0, 0.05) is 6.04 Å². The molecule has 1 aromatic rings. The summed E-state index contributed by atoms with van der Waals surface area (Å²) in [5, 5.41) is 3.61. The minimum absolute atomic E-state index is 0.494. The van der Waals surface area contributed by atoms with Crippen LogP contribution in [-0.2, 0) is 0 Å². The molecule has 0 aliphatic heterocycles. The Bertz CT molecular complexity index is 352. The van der Waals surface area contributed by atoms with Gasteiger partial charge in [-0.25, -0.2) is 0 Å². The van der Waals surface area contributed by atoms with Crippen LogP contribution < -0.4 is 5.32 Å². The highest BCUT2D eigenvalue weighted by Gasteiger charge is 2.15. The Hall–Kier alpha value is 0.620. The van der Waals surface area contributed by atoms with E-state index in [1.807, 2.05) is 0 Å². The number of hydrogen-bond donors (Lipinski definition) is 1. The van der Waals surface area contributed by atoms with E-state index in [9.17, 15) is 0 Å². The van der Waals surface area contributed by atoms with Crippen molar-refractivity contribution in [2.24, 2.45) is 0 Å². The van der Waals surface area contributed by atoms with Crippen LogP contribution in [0, 0.1) is 0 Å². The van der Waals surface area contributed by atoms with Crippen LogP contribution in [-0.4, -0.2) is 6.54 Å². The van der Waals surface area contributed by atoms with E-state index < -0.39 is 0 Å². The van der Waals surface area contributed by atoms with E-state index in [0.717, 1.165) is 6.54 Å². The van der Waals surface area contributed by atoms with Gasteiger partial charge in [-0.05, 0) is 56.5 Å². The summed E-state index contributed by atoms with van der Waals surface area (Å²) in [5.41, 5.74) is 1.41. The lowest BCUT2D eigenvalue weighted by molar-refractivity contribution is 0.477. The minimum Gasteiger partial charge on any atom is -0.310 e. The summed E-state index contributed by atoms with van der Waals surface area (Å²) in [5.74, 6) is 0. The first-order valence-corrected chi connectivity index (χ1v) is 9.77. The fourth-order valence-corrected chi connectivity index (χ4v) is 5.31. The normalized spacial score (nSPS) is 12.8. The summed E-state index contributed by atoms with van der Waals surface area (Å²) >= 11 is 9.02. The lowest BCUT2D eigenvalue weighted by Crippen LogP contribution is -2.20. The zero-order chi connectivity index (χ0) is 14.1. The van der Waals surface area contributed by atoms with Crippen molar-refractivity contribution in [3.8, 4) is 0 Å². The monoisotopic (exact) mass is 409 g/mol. The highest BCUT2D eigenvalue weighted by atomic mass is 79.9. The Kier molecular flexibility index (Phi) is 9.64. The second-order valence-corrected chi connectivity index (χ2v) is 8.70. The van der Waals surface area contributed by atoms with Crippen molar-refractivity contribution in [3.05, 3.63) is 19.2 Å². The van der Waals surface area contributed by atoms with E-state index in [4.69, 9.17) is 0 Å². The third-order valence-corrected chi connectivity index (χ3v) is 5.74. The molecule has 19 heavy (non-hydrogen) atoms. The Morgan fingerprint density at radius 1 is 1.11 bits per heavy atom. The van der Waals surface area contributed by atoms with Crippen LogP contribution in [0.1, 0.15) is 70.4 Å². The number of halogens is 2. The van der Waals surface area contributed by atoms with Crippen molar-refractivity contribution >= 4 is 43.2 Å². The Labute approximate surface area is 138 Å². The molecule has 1 rings (SSSR count). The van der Waals surface area contributed by atoms with E-state index >= 15 is 0 Å². The molecule has 0 radical (unpaired) electrons. The topological polar surface area (TPSA) is 12.0 Å². The zero-order valence-electron chi connectivity index (χ0n) is 12.0. The molecule has 0 saturated carbocycles. The van der Waals surface area contributed by atoms with E-state index in [1.165, 1.54) is 58.1 Å². The molecule has 1 unspecified atom stereocenters. The second kappa shape index (κ2) is 10.4. The predicted octanol–water partition coefficient (Wildman–Crippen LogP) is 6.67. The fraction of sp³-hybridized carbons (Fsp3) is 0.733. The van der Waals surface area contributed by atoms with E-state index in [0.29, 0.717) is 6.04 Å². The summed E-state index contributed by atoms with van der Waals surface area (Å²) in [6.45, 7) is 5.48. The molecule has 0 aliphatic rings. The molecule has 1 atom stereocenters. The van der Waals surface area contributed by atoms with Gasteiger partial charge in [0.25, 0.3) is 0 Å². The summed E-state index contributed by atoms with van der Waals surface area (Å²) < 4.78 is 2.47. The van der Waals surface area contributed by atoms with Gasteiger partial charge < -0.3 is 5.32 Å². The maximum Gasteiger partial charge on any atom is 0.0758 e. The third kappa shape index (κ3) is 6.74. The first kappa shape index (κ1) is 17.7. The van der Waals surface area contributed by atoms with Gasteiger partial charge in [-0.2, -0.15) is 0 Å². The molecule has 1 aromatic heterocycles. The van der Waals surface area contributed by atoms with Gasteiger partial charge in [0.1, 0.15) is 0 Å². The van der Waals surface area contributed by atoms with Crippen LogP contribution >= 0.6 is 43.2 Å². The van der Waals surface area contributed by atoms with Gasteiger partial charge in [0.2, 0.25) is 0 Å². The van der Waals surface area contributed by atoms with Crippen LogP contribution in [0.25, 0.3) is 0 Å². The Morgan fingerprint density at radius 3 is 2.37 bits per heavy atom. The standard InChI is InChI=1S/C15H25Br2NS/c1-3-5-6-7-8-9-10-13(18-4-2)12-11-14(16)19-15(12)17/h11,13,18H,3-10H2,1-2H3. The first-order chi connectivity index (χ1) is 9.19. The molecule has 4 heteroatoms. The molecule has 0 aromatic carbocycles. The van der Waals surface area contributed by atoms with Gasteiger partial charge in [-0.1, -0.05) is 52.4 Å². The second-order valence-electron chi connectivity index (χ2n) is 4.95.